The number of nitrogens with zero attached hydrogens (tertiary/aromatic N) is 2. The van der Waals surface area contributed by atoms with Crippen LogP contribution in [-0.2, 0) is 22.6 Å². The first-order chi connectivity index (χ1) is 11.0. The maximum atomic E-state index is 12.6. The Morgan fingerprint density at radius 1 is 1.39 bits per heavy atom. The van der Waals surface area contributed by atoms with Gasteiger partial charge in [0.25, 0.3) is 0 Å². The summed E-state index contributed by atoms with van der Waals surface area (Å²) in [6.07, 6.45) is 1.74. The van der Waals surface area contributed by atoms with Gasteiger partial charge in [-0.15, -0.1) is 22.7 Å². The van der Waals surface area contributed by atoms with Crippen LogP contribution in [0.15, 0.2) is 11.4 Å². The summed E-state index contributed by atoms with van der Waals surface area (Å²) in [6, 6.07) is 2.11. The van der Waals surface area contributed by atoms with Crippen LogP contribution in [0.2, 0.25) is 0 Å². The van der Waals surface area contributed by atoms with Gasteiger partial charge in [0, 0.05) is 23.3 Å². The third-order valence-electron chi connectivity index (χ3n) is 4.59. The molecule has 1 aliphatic carbocycles. The molecule has 0 unspecified atom stereocenters. The van der Waals surface area contributed by atoms with Crippen molar-refractivity contribution in [3.63, 3.8) is 0 Å². The summed E-state index contributed by atoms with van der Waals surface area (Å²) >= 11 is 3.37. The van der Waals surface area contributed by atoms with E-state index < -0.39 is 11.4 Å². The number of carboxylic acids is 1. The van der Waals surface area contributed by atoms with E-state index in [0.717, 1.165) is 27.6 Å². The van der Waals surface area contributed by atoms with Gasteiger partial charge in [-0.1, -0.05) is 0 Å². The number of carbonyl (C=O) groups excluding carboxylic acids is 1. The average molecular weight is 348 g/mol. The lowest BCUT2D eigenvalue weighted by Gasteiger charge is -2.29. The highest BCUT2D eigenvalue weighted by atomic mass is 32.1. The first kappa shape index (κ1) is 14.8. The molecular weight excluding hydrogens is 332 g/mol. The molecule has 2 aliphatic rings. The van der Waals surface area contributed by atoms with E-state index in [-0.39, 0.29) is 5.91 Å². The predicted molar refractivity (Wildman–Crippen MR) is 88.6 cm³/mol. The van der Waals surface area contributed by atoms with Gasteiger partial charge in [-0.05, 0) is 37.8 Å². The molecule has 0 radical (unpaired) electrons. The SMILES string of the molecule is Cc1nc(-c2cc3c(s2)CCN(C(=O)C2(C(=O)O)CC2)C3)cs1. The summed E-state index contributed by atoms with van der Waals surface area (Å²) in [6.45, 7) is 3.11. The van der Waals surface area contributed by atoms with E-state index in [1.54, 1.807) is 27.6 Å². The Morgan fingerprint density at radius 3 is 2.78 bits per heavy atom. The highest BCUT2D eigenvalue weighted by molar-refractivity contribution is 7.16. The van der Waals surface area contributed by atoms with E-state index >= 15 is 0 Å². The zero-order chi connectivity index (χ0) is 16.2. The molecule has 7 heteroatoms. The first-order valence-electron chi connectivity index (χ1n) is 7.56. The Hall–Kier alpha value is -1.73. The average Bonchev–Trinajstić information content (AvgIpc) is 3.06. The number of aryl methyl sites for hydroxylation is 1. The molecule has 0 saturated heterocycles. The van der Waals surface area contributed by atoms with E-state index in [2.05, 4.69) is 16.4 Å². The standard InChI is InChI=1S/C16H16N2O3S2/c1-9-17-11(8-22-9)13-6-10-7-18(5-2-12(10)23-13)14(19)16(3-4-16)15(20)21/h6,8H,2-5,7H2,1H3,(H,20,21). The normalized spacial score (nSPS) is 18.6. The summed E-state index contributed by atoms with van der Waals surface area (Å²) in [4.78, 5) is 32.6. The molecule has 23 heavy (non-hydrogen) atoms. The van der Waals surface area contributed by atoms with Crippen molar-refractivity contribution in [3.8, 4) is 10.6 Å². The number of hydrogen-bond acceptors (Lipinski definition) is 5. The third kappa shape index (κ3) is 2.38. The van der Waals surface area contributed by atoms with Crippen molar-refractivity contribution in [1.29, 1.82) is 0 Å². The van der Waals surface area contributed by atoms with E-state index in [1.807, 2.05) is 6.92 Å². The highest BCUT2D eigenvalue weighted by Gasteiger charge is 2.58. The van der Waals surface area contributed by atoms with Gasteiger partial charge in [0.2, 0.25) is 5.91 Å². The summed E-state index contributed by atoms with van der Waals surface area (Å²) < 4.78 is 0. The van der Waals surface area contributed by atoms with Gasteiger partial charge in [0.05, 0.1) is 15.6 Å². The second-order valence-corrected chi connectivity index (χ2v) is 8.37. The van der Waals surface area contributed by atoms with Gasteiger partial charge in [0.1, 0.15) is 5.41 Å². The van der Waals surface area contributed by atoms with E-state index in [4.69, 9.17) is 0 Å². The fourth-order valence-corrected chi connectivity index (χ4v) is 4.87. The molecule has 1 N–H and O–H groups in total. The van der Waals surface area contributed by atoms with Crippen LogP contribution in [0.25, 0.3) is 10.6 Å². The zero-order valence-electron chi connectivity index (χ0n) is 12.7. The Morgan fingerprint density at radius 2 is 2.17 bits per heavy atom. The summed E-state index contributed by atoms with van der Waals surface area (Å²) in [5.74, 6) is -1.19. The second-order valence-electron chi connectivity index (χ2n) is 6.17. The smallest absolute Gasteiger partial charge is 0.319 e. The minimum Gasteiger partial charge on any atom is -0.480 e. The molecule has 1 aliphatic heterocycles. The Labute approximate surface area is 141 Å². The van der Waals surface area contributed by atoms with Gasteiger partial charge in [-0.25, -0.2) is 4.98 Å². The number of amides is 1. The topological polar surface area (TPSA) is 70.5 Å². The van der Waals surface area contributed by atoms with Crippen LogP contribution in [0.3, 0.4) is 0 Å². The molecule has 2 aromatic rings. The molecule has 1 amide bonds. The Kier molecular flexibility index (Phi) is 3.32. The fraction of sp³-hybridized carbons (Fsp3) is 0.438. The second kappa shape index (κ2) is 5.14. The predicted octanol–water partition coefficient (Wildman–Crippen LogP) is 2.93. The van der Waals surface area contributed by atoms with Gasteiger partial charge < -0.3 is 10.0 Å². The molecular formula is C16H16N2O3S2. The number of aromatic nitrogens is 1. The number of thiophene rings is 1. The van der Waals surface area contributed by atoms with Crippen molar-refractivity contribution in [2.24, 2.45) is 5.41 Å². The molecule has 0 aromatic carbocycles. The van der Waals surface area contributed by atoms with Crippen LogP contribution < -0.4 is 0 Å². The third-order valence-corrected chi connectivity index (χ3v) is 6.63. The van der Waals surface area contributed by atoms with Crippen molar-refractivity contribution in [2.75, 3.05) is 6.54 Å². The van der Waals surface area contributed by atoms with Crippen molar-refractivity contribution >= 4 is 34.6 Å². The van der Waals surface area contributed by atoms with Crippen LogP contribution in [0.1, 0.15) is 28.3 Å². The number of rotatable bonds is 3. The monoisotopic (exact) mass is 348 g/mol. The van der Waals surface area contributed by atoms with Gasteiger partial charge in [-0.2, -0.15) is 0 Å². The highest BCUT2D eigenvalue weighted by Crippen LogP contribution is 2.48. The minimum absolute atomic E-state index is 0.215. The van der Waals surface area contributed by atoms with Crippen LogP contribution in [0, 0.1) is 12.3 Å². The zero-order valence-corrected chi connectivity index (χ0v) is 14.3. The van der Waals surface area contributed by atoms with Gasteiger partial charge >= 0.3 is 5.97 Å². The van der Waals surface area contributed by atoms with Crippen LogP contribution in [-0.4, -0.2) is 33.4 Å². The van der Waals surface area contributed by atoms with E-state index in [9.17, 15) is 14.7 Å². The first-order valence-corrected chi connectivity index (χ1v) is 9.26. The molecule has 2 aromatic heterocycles. The Bertz CT molecular complexity index is 804. The lowest BCUT2D eigenvalue weighted by Crippen LogP contribution is -2.43. The largest absolute Gasteiger partial charge is 0.480 e. The maximum absolute atomic E-state index is 12.6. The minimum atomic E-state index is -1.14. The number of carboxylic acid groups (broad SMARTS) is 1. The molecule has 1 fully saturated rings. The lowest BCUT2D eigenvalue weighted by atomic mass is 10.0. The number of thiazole rings is 1. The summed E-state index contributed by atoms with van der Waals surface area (Å²) in [7, 11) is 0. The molecule has 0 atom stereocenters. The summed E-state index contributed by atoms with van der Waals surface area (Å²) in [5.41, 5.74) is 0.993. The fourth-order valence-electron chi connectivity index (χ4n) is 3.06. The molecule has 120 valence electrons. The van der Waals surface area contributed by atoms with Gasteiger partial charge in [0.15, 0.2) is 0 Å². The van der Waals surface area contributed by atoms with E-state index in [0.29, 0.717) is 25.9 Å². The summed E-state index contributed by atoms with van der Waals surface area (Å²) in [5, 5.41) is 12.4. The van der Waals surface area contributed by atoms with Crippen molar-refractivity contribution in [3.05, 3.63) is 26.9 Å². The van der Waals surface area contributed by atoms with Crippen LogP contribution in [0.5, 0.6) is 0 Å². The number of hydrogen-bond donors (Lipinski definition) is 1. The maximum Gasteiger partial charge on any atom is 0.319 e. The number of carbonyl (C=O) groups is 2. The molecule has 3 heterocycles. The molecule has 0 spiro atoms. The van der Waals surface area contributed by atoms with Crippen molar-refractivity contribution in [1.82, 2.24) is 9.88 Å². The molecule has 5 nitrogen and oxygen atoms in total. The van der Waals surface area contributed by atoms with Gasteiger partial charge in [-0.3, -0.25) is 9.59 Å². The van der Waals surface area contributed by atoms with E-state index in [1.165, 1.54) is 4.88 Å². The lowest BCUT2D eigenvalue weighted by molar-refractivity contribution is -0.153. The van der Waals surface area contributed by atoms with Crippen molar-refractivity contribution in [2.45, 2.75) is 32.7 Å². The molecule has 4 rings (SSSR count). The molecule has 0 bridgehead atoms. The quantitative estimate of drug-likeness (QED) is 0.866. The Balaban J connectivity index is 1.57. The number of aliphatic carboxylic acids is 1. The van der Waals surface area contributed by atoms with Crippen LogP contribution >= 0.6 is 22.7 Å². The van der Waals surface area contributed by atoms with Crippen molar-refractivity contribution < 1.29 is 14.7 Å². The number of fused-ring (bicyclic) bond motifs is 1. The van der Waals surface area contributed by atoms with Crippen LogP contribution in [0.4, 0.5) is 0 Å². The molecule has 1 saturated carbocycles.